The molecular weight excluding hydrogens is 572 g/mol. The normalized spacial score (nSPS) is 19.5. The van der Waals surface area contributed by atoms with Crippen LogP contribution in [0.2, 0.25) is 0 Å². The Balaban J connectivity index is 1.93. The van der Waals surface area contributed by atoms with Gasteiger partial charge in [-0.3, -0.25) is 10.2 Å². The third-order valence-corrected chi connectivity index (χ3v) is 7.13. The van der Waals surface area contributed by atoms with E-state index in [9.17, 15) is 9.90 Å². The molecule has 2 N–H and O–H groups in total. The smallest absolute Gasteiger partial charge is 0.186 e. The summed E-state index contributed by atoms with van der Waals surface area (Å²) < 4.78 is 1.45. The molecular formula is C15H11I2N3O2S2. The number of nitrogens with zero attached hydrogens (tertiary/aromatic N) is 2. The van der Waals surface area contributed by atoms with E-state index in [4.69, 9.17) is 5.41 Å². The Morgan fingerprint density at radius 2 is 2.00 bits per heavy atom. The summed E-state index contributed by atoms with van der Waals surface area (Å²) in [7, 11) is 0. The van der Waals surface area contributed by atoms with Crippen LogP contribution in [0.1, 0.15) is 28.4 Å². The number of hydrogen-bond donors (Lipinski definition) is 2. The van der Waals surface area contributed by atoms with Gasteiger partial charge < -0.3 is 5.11 Å². The summed E-state index contributed by atoms with van der Waals surface area (Å²) in [6, 6.07) is 3.63. The number of phenolic OH excluding ortho intramolecular Hbond substituents is 1. The van der Waals surface area contributed by atoms with Gasteiger partial charge in [-0.25, -0.2) is 0 Å². The van der Waals surface area contributed by atoms with Crippen molar-refractivity contribution in [3.05, 3.63) is 39.8 Å². The van der Waals surface area contributed by atoms with E-state index in [1.165, 1.54) is 23.1 Å². The molecule has 1 atom stereocenters. The largest absolute Gasteiger partial charge is 0.506 e. The predicted octanol–water partition coefficient (Wildman–Crippen LogP) is 4.43. The molecule has 1 aliphatic rings. The van der Waals surface area contributed by atoms with Gasteiger partial charge in [-0.2, -0.15) is 0 Å². The molecule has 9 heteroatoms. The van der Waals surface area contributed by atoms with Crippen LogP contribution in [0.15, 0.2) is 17.0 Å². The molecule has 0 radical (unpaired) electrons. The number of ketones is 1. The first-order valence-electron chi connectivity index (χ1n) is 6.93. The molecule has 124 valence electrons. The first-order valence-corrected chi connectivity index (χ1v) is 10.7. The average Bonchev–Trinajstić information content (AvgIpc) is 3.10. The number of aryl methyl sites for hydroxylation is 1. The minimum absolute atomic E-state index is 0.109. The topological polar surface area (TPSA) is 86.9 Å². The van der Waals surface area contributed by atoms with Gasteiger partial charge >= 0.3 is 0 Å². The van der Waals surface area contributed by atoms with Crippen LogP contribution in [-0.2, 0) is 11.2 Å². The van der Waals surface area contributed by atoms with Crippen LogP contribution in [0.3, 0.4) is 0 Å². The Kier molecular flexibility index (Phi) is 5.62. The Morgan fingerprint density at radius 1 is 1.33 bits per heavy atom. The summed E-state index contributed by atoms with van der Waals surface area (Å²) in [5.41, 5.74) is 0.831. The van der Waals surface area contributed by atoms with Gasteiger partial charge in [0, 0.05) is 0 Å². The zero-order chi connectivity index (χ0) is 17.4. The molecule has 2 aromatic rings. The molecule has 0 aliphatic carbocycles. The molecule has 24 heavy (non-hydrogen) atoms. The van der Waals surface area contributed by atoms with Crippen molar-refractivity contribution in [3.63, 3.8) is 0 Å². The van der Waals surface area contributed by atoms with E-state index in [0.29, 0.717) is 9.91 Å². The Morgan fingerprint density at radius 3 is 2.58 bits per heavy atom. The van der Waals surface area contributed by atoms with Crippen molar-refractivity contribution in [3.8, 4) is 5.75 Å². The fourth-order valence-electron chi connectivity index (χ4n) is 2.16. The summed E-state index contributed by atoms with van der Waals surface area (Å²) in [6.45, 7) is 1.99. The third-order valence-electron chi connectivity index (χ3n) is 3.36. The molecule has 1 aliphatic heterocycles. The molecule has 1 saturated heterocycles. The third kappa shape index (κ3) is 3.53. The van der Waals surface area contributed by atoms with Crippen molar-refractivity contribution in [1.29, 1.82) is 5.41 Å². The maximum atomic E-state index is 12.7. The van der Waals surface area contributed by atoms with Gasteiger partial charge in [0.1, 0.15) is 21.7 Å². The van der Waals surface area contributed by atoms with Crippen LogP contribution >= 0.6 is 68.3 Å². The fourth-order valence-corrected chi connectivity index (χ4v) is 5.93. The second-order valence-corrected chi connectivity index (χ2v) is 9.49. The highest BCUT2D eigenvalue weighted by Gasteiger charge is 2.39. The quantitative estimate of drug-likeness (QED) is 0.413. The van der Waals surface area contributed by atoms with Crippen molar-refractivity contribution in [2.75, 3.05) is 0 Å². The first kappa shape index (κ1) is 18.3. The highest BCUT2D eigenvalue weighted by molar-refractivity contribution is 14.1. The van der Waals surface area contributed by atoms with Gasteiger partial charge in [-0.05, 0) is 75.4 Å². The van der Waals surface area contributed by atoms with Crippen molar-refractivity contribution >= 4 is 85.2 Å². The molecule has 5 nitrogen and oxygen atoms in total. The molecule has 0 unspecified atom stereocenters. The van der Waals surface area contributed by atoms with Gasteiger partial charge in [-0.15, -0.1) is 21.5 Å². The zero-order valence-corrected chi connectivity index (χ0v) is 18.3. The van der Waals surface area contributed by atoms with E-state index in [2.05, 4.69) is 55.4 Å². The van der Waals surface area contributed by atoms with Crippen LogP contribution in [0.25, 0.3) is 6.08 Å². The molecule has 0 spiro atoms. The molecule has 1 fully saturated rings. The highest BCUT2D eigenvalue weighted by Crippen LogP contribution is 2.42. The second-order valence-electron chi connectivity index (χ2n) is 4.99. The SMILES string of the molecule is CCc1nnc([C@H]2C(=N)S/C(=C\c3cc(I)c(O)c(I)c3)C2=O)s1. The summed E-state index contributed by atoms with van der Waals surface area (Å²) >= 11 is 6.68. The summed E-state index contributed by atoms with van der Waals surface area (Å²) in [5, 5.41) is 27.9. The molecule has 0 saturated carbocycles. The van der Waals surface area contributed by atoms with E-state index in [1.54, 1.807) is 6.08 Å². The first-order chi connectivity index (χ1) is 11.4. The van der Waals surface area contributed by atoms with E-state index in [1.807, 2.05) is 19.1 Å². The van der Waals surface area contributed by atoms with Crippen molar-refractivity contribution < 1.29 is 9.90 Å². The van der Waals surface area contributed by atoms with Gasteiger partial charge in [0.15, 0.2) is 5.78 Å². The molecule has 0 bridgehead atoms. The second kappa shape index (κ2) is 7.38. The van der Waals surface area contributed by atoms with E-state index >= 15 is 0 Å². The van der Waals surface area contributed by atoms with Crippen LogP contribution in [0.4, 0.5) is 0 Å². The molecule has 3 rings (SSSR count). The number of allylic oxidation sites excluding steroid dienone is 1. The van der Waals surface area contributed by atoms with Gasteiger partial charge in [0.25, 0.3) is 0 Å². The van der Waals surface area contributed by atoms with Gasteiger partial charge in [-0.1, -0.05) is 18.7 Å². The number of Topliss-reactive ketones (excluding diaryl/α,β-unsaturated/α-hetero) is 1. The number of phenols is 1. The number of halogens is 2. The van der Waals surface area contributed by atoms with Gasteiger partial charge in [0.2, 0.25) is 0 Å². The van der Waals surface area contributed by atoms with Crippen LogP contribution in [-0.4, -0.2) is 26.1 Å². The maximum absolute atomic E-state index is 12.7. The standard InChI is InChI=1S/C15H11I2N3O2S2/c1-2-10-19-20-15(24-10)11-13(22)9(23-14(11)18)5-6-3-7(16)12(21)8(17)4-6/h3-5,11,18,21H,2H2,1H3/b9-5-,18-14?/t11-/m1/s1. The number of aromatic nitrogens is 2. The monoisotopic (exact) mass is 583 g/mol. The fraction of sp³-hybridized carbons (Fsp3) is 0.200. The predicted molar refractivity (Wildman–Crippen MR) is 114 cm³/mol. The minimum atomic E-state index is -0.630. The van der Waals surface area contributed by atoms with Crippen molar-refractivity contribution in [2.24, 2.45) is 0 Å². The Hall–Kier alpha value is -0.530. The number of rotatable bonds is 3. The lowest BCUT2D eigenvalue weighted by Crippen LogP contribution is -2.11. The highest BCUT2D eigenvalue weighted by atomic mass is 127. The number of hydrogen-bond acceptors (Lipinski definition) is 7. The number of benzene rings is 1. The lowest BCUT2D eigenvalue weighted by atomic mass is 10.1. The summed E-state index contributed by atoms with van der Waals surface area (Å²) in [6.07, 6.45) is 2.54. The van der Waals surface area contributed by atoms with Crippen molar-refractivity contribution in [1.82, 2.24) is 10.2 Å². The number of thioether (sulfide) groups is 1. The number of carbonyl (C=O) groups excluding carboxylic acids is 1. The minimum Gasteiger partial charge on any atom is -0.506 e. The zero-order valence-electron chi connectivity index (χ0n) is 12.3. The Bertz CT molecular complexity index is 856. The number of aromatic hydroxyl groups is 1. The summed E-state index contributed by atoms with van der Waals surface area (Å²) in [5.74, 6) is -0.494. The molecule has 0 amide bonds. The lowest BCUT2D eigenvalue weighted by molar-refractivity contribution is -0.114. The molecule has 1 aromatic heterocycles. The molecule has 1 aromatic carbocycles. The van der Waals surface area contributed by atoms with Crippen molar-refractivity contribution in [2.45, 2.75) is 19.3 Å². The van der Waals surface area contributed by atoms with Crippen LogP contribution in [0.5, 0.6) is 5.75 Å². The average molecular weight is 583 g/mol. The van der Waals surface area contributed by atoms with E-state index < -0.39 is 5.92 Å². The molecule has 2 heterocycles. The lowest BCUT2D eigenvalue weighted by Gasteiger charge is -2.03. The Labute approximate surface area is 174 Å². The number of nitrogens with one attached hydrogen (secondary N) is 1. The number of carbonyl (C=O) groups is 1. The van der Waals surface area contributed by atoms with Gasteiger partial charge in [0.05, 0.1) is 17.1 Å². The maximum Gasteiger partial charge on any atom is 0.186 e. The van der Waals surface area contributed by atoms with Crippen LogP contribution in [0, 0.1) is 12.5 Å². The van der Waals surface area contributed by atoms with Crippen LogP contribution < -0.4 is 0 Å². The van der Waals surface area contributed by atoms with E-state index in [0.717, 1.165) is 24.1 Å². The summed E-state index contributed by atoms with van der Waals surface area (Å²) in [4.78, 5) is 13.2. The van der Waals surface area contributed by atoms with E-state index in [-0.39, 0.29) is 16.6 Å².